The molecule has 0 spiro atoms. The fourth-order valence-corrected chi connectivity index (χ4v) is 3.56. The minimum absolute atomic E-state index is 0.273. The fraction of sp³-hybridized carbons (Fsp3) is 0.455. The Morgan fingerprint density at radius 1 is 1.29 bits per heavy atom. The molecule has 1 N–H and O–H groups in total. The lowest BCUT2D eigenvalue weighted by Crippen LogP contribution is -1.99. The first-order valence-corrected chi connectivity index (χ1v) is 6.87. The maximum absolute atomic E-state index is 11.7. The van der Waals surface area contributed by atoms with Crippen molar-refractivity contribution in [3.8, 4) is 0 Å². The van der Waals surface area contributed by atoms with Gasteiger partial charge < -0.3 is 4.89 Å². The van der Waals surface area contributed by atoms with Crippen LogP contribution >= 0.6 is 7.37 Å². The van der Waals surface area contributed by atoms with Crippen molar-refractivity contribution in [3.05, 3.63) is 35.9 Å². The highest BCUT2D eigenvalue weighted by Gasteiger charge is 2.19. The van der Waals surface area contributed by atoms with Gasteiger partial charge in [-0.25, -0.2) is 0 Å². The zero-order valence-corrected chi connectivity index (χ0v) is 9.58. The lowest BCUT2D eigenvalue weighted by atomic mass is 10.2. The van der Waals surface area contributed by atoms with Crippen molar-refractivity contribution < 1.29 is 9.46 Å². The van der Waals surface area contributed by atoms with Crippen LogP contribution in [0, 0.1) is 5.92 Å². The molecule has 0 fully saturated rings. The van der Waals surface area contributed by atoms with E-state index in [2.05, 4.69) is 0 Å². The molecule has 1 atom stereocenters. The van der Waals surface area contributed by atoms with Crippen LogP contribution in [0.5, 0.6) is 0 Å². The summed E-state index contributed by atoms with van der Waals surface area (Å²) in [6.45, 7) is 3.93. The second-order valence-electron chi connectivity index (χ2n) is 4.07. The third kappa shape index (κ3) is 4.08. The molecule has 1 aromatic rings. The molecule has 0 saturated carbocycles. The molecule has 0 aliphatic carbocycles. The molecular weight excluding hydrogens is 195 g/mol. The average molecular weight is 212 g/mol. The lowest BCUT2D eigenvalue weighted by Gasteiger charge is -2.13. The summed E-state index contributed by atoms with van der Waals surface area (Å²) in [5, 5.41) is 0. The highest BCUT2D eigenvalue weighted by Crippen LogP contribution is 2.45. The Hall–Kier alpha value is -0.590. The van der Waals surface area contributed by atoms with E-state index in [0.29, 0.717) is 12.3 Å². The van der Waals surface area contributed by atoms with Crippen LogP contribution in [0.4, 0.5) is 0 Å². The SMILES string of the molecule is CC(C)CP(=O)(O)Cc1ccccc1. The summed E-state index contributed by atoms with van der Waals surface area (Å²) < 4.78 is 11.7. The number of hydrogen-bond donors (Lipinski definition) is 1. The van der Waals surface area contributed by atoms with E-state index < -0.39 is 7.37 Å². The van der Waals surface area contributed by atoms with E-state index in [1.807, 2.05) is 44.2 Å². The van der Waals surface area contributed by atoms with Crippen molar-refractivity contribution >= 4 is 7.37 Å². The van der Waals surface area contributed by atoms with Gasteiger partial charge in [0.25, 0.3) is 0 Å². The molecule has 3 heteroatoms. The Bertz CT molecular complexity index is 319. The molecule has 78 valence electrons. The molecule has 0 aromatic heterocycles. The molecule has 1 aromatic carbocycles. The van der Waals surface area contributed by atoms with Gasteiger partial charge in [0, 0.05) is 12.3 Å². The Morgan fingerprint density at radius 3 is 2.36 bits per heavy atom. The van der Waals surface area contributed by atoms with Crippen LogP contribution in [-0.2, 0) is 10.7 Å². The normalized spacial score (nSPS) is 15.4. The Labute approximate surface area is 85.4 Å². The molecule has 0 amide bonds. The van der Waals surface area contributed by atoms with E-state index in [1.54, 1.807) is 0 Å². The average Bonchev–Trinajstić information content (AvgIpc) is 2.02. The summed E-state index contributed by atoms with van der Waals surface area (Å²) in [6.07, 6.45) is 0.702. The van der Waals surface area contributed by atoms with Crippen LogP contribution in [0.1, 0.15) is 19.4 Å². The molecule has 0 radical (unpaired) electrons. The molecule has 0 bridgehead atoms. The molecule has 1 rings (SSSR count). The first-order valence-electron chi connectivity index (χ1n) is 4.84. The minimum Gasteiger partial charge on any atom is -0.344 e. The van der Waals surface area contributed by atoms with E-state index in [-0.39, 0.29) is 5.92 Å². The van der Waals surface area contributed by atoms with Gasteiger partial charge >= 0.3 is 0 Å². The van der Waals surface area contributed by atoms with Gasteiger partial charge in [-0.2, -0.15) is 0 Å². The van der Waals surface area contributed by atoms with E-state index in [9.17, 15) is 9.46 Å². The van der Waals surface area contributed by atoms with Gasteiger partial charge in [0.1, 0.15) is 0 Å². The summed E-state index contributed by atoms with van der Waals surface area (Å²) in [6, 6.07) is 9.48. The van der Waals surface area contributed by atoms with Crippen LogP contribution in [-0.4, -0.2) is 11.1 Å². The molecular formula is C11H17O2P. The highest BCUT2D eigenvalue weighted by molar-refractivity contribution is 7.57. The quantitative estimate of drug-likeness (QED) is 0.778. The van der Waals surface area contributed by atoms with Crippen LogP contribution in [0.15, 0.2) is 30.3 Å². The smallest absolute Gasteiger partial charge is 0.205 e. The molecule has 2 nitrogen and oxygen atoms in total. The molecule has 14 heavy (non-hydrogen) atoms. The van der Waals surface area contributed by atoms with Gasteiger partial charge in [0.15, 0.2) is 0 Å². The third-order valence-corrected chi connectivity index (χ3v) is 4.08. The number of benzene rings is 1. The molecule has 1 unspecified atom stereocenters. The van der Waals surface area contributed by atoms with Crippen LogP contribution in [0.3, 0.4) is 0 Å². The Morgan fingerprint density at radius 2 is 1.86 bits per heavy atom. The minimum atomic E-state index is -2.97. The summed E-state index contributed by atoms with van der Waals surface area (Å²) in [4.78, 5) is 9.69. The largest absolute Gasteiger partial charge is 0.344 e. The maximum atomic E-state index is 11.7. The van der Waals surface area contributed by atoms with Crippen molar-refractivity contribution in [1.29, 1.82) is 0 Å². The van der Waals surface area contributed by atoms with Crippen molar-refractivity contribution in [1.82, 2.24) is 0 Å². The zero-order valence-electron chi connectivity index (χ0n) is 8.68. The first kappa shape index (κ1) is 11.5. The monoisotopic (exact) mass is 212 g/mol. The molecule has 0 heterocycles. The third-order valence-electron chi connectivity index (χ3n) is 1.92. The second kappa shape index (κ2) is 4.77. The summed E-state index contributed by atoms with van der Waals surface area (Å²) in [7, 11) is -2.97. The first-order chi connectivity index (χ1) is 6.49. The highest BCUT2D eigenvalue weighted by atomic mass is 31.2. The van der Waals surface area contributed by atoms with Gasteiger partial charge in [-0.3, -0.25) is 4.57 Å². The van der Waals surface area contributed by atoms with Crippen LogP contribution in [0.25, 0.3) is 0 Å². The Kier molecular flexibility index (Phi) is 3.91. The van der Waals surface area contributed by atoms with Gasteiger partial charge in [-0.1, -0.05) is 44.2 Å². The molecule has 0 aliphatic rings. The van der Waals surface area contributed by atoms with Crippen molar-refractivity contribution in [2.75, 3.05) is 6.16 Å². The van der Waals surface area contributed by atoms with E-state index in [0.717, 1.165) is 5.56 Å². The fourth-order valence-electron chi connectivity index (χ4n) is 1.50. The maximum Gasteiger partial charge on any atom is 0.205 e. The summed E-state index contributed by atoms with van der Waals surface area (Å²) in [5.74, 6) is 0.273. The lowest BCUT2D eigenvalue weighted by molar-refractivity contribution is 0.467. The molecule has 0 saturated heterocycles. The molecule has 0 aliphatic heterocycles. The van der Waals surface area contributed by atoms with Gasteiger partial charge in [-0.15, -0.1) is 0 Å². The standard InChI is InChI=1S/C11H17O2P/c1-10(2)8-14(12,13)9-11-6-4-3-5-7-11/h3-7,10H,8-9H2,1-2H3,(H,12,13). The van der Waals surface area contributed by atoms with Crippen molar-refractivity contribution in [2.24, 2.45) is 5.92 Å². The van der Waals surface area contributed by atoms with Gasteiger partial charge in [0.2, 0.25) is 7.37 Å². The van der Waals surface area contributed by atoms with Gasteiger partial charge in [-0.05, 0) is 11.5 Å². The Balaban J connectivity index is 2.64. The topological polar surface area (TPSA) is 37.3 Å². The van der Waals surface area contributed by atoms with Crippen molar-refractivity contribution in [2.45, 2.75) is 20.0 Å². The predicted octanol–water partition coefficient (Wildman–Crippen LogP) is 3.11. The second-order valence-corrected chi connectivity index (χ2v) is 6.44. The summed E-state index contributed by atoms with van der Waals surface area (Å²) >= 11 is 0. The predicted molar refractivity (Wildman–Crippen MR) is 59.7 cm³/mol. The van der Waals surface area contributed by atoms with Crippen LogP contribution in [0.2, 0.25) is 0 Å². The summed E-state index contributed by atoms with van der Waals surface area (Å²) in [5.41, 5.74) is 0.944. The number of hydrogen-bond acceptors (Lipinski definition) is 1. The van der Waals surface area contributed by atoms with Crippen molar-refractivity contribution in [3.63, 3.8) is 0 Å². The van der Waals surface area contributed by atoms with E-state index in [4.69, 9.17) is 0 Å². The van der Waals surface area contributed by atoms with E-state index in [1.165, 1.54) is 0 Å². The zero-order chi connectivity index (χ0) is 10.6. The van der Waals surface area contributed by atoms with E-state index >= 15 is 0 Å². The number of rotatable bonds is 4. The van der Waals surface area contributed by atoms with Gasteiger partial charge in [0.05, 0.1) is 0 Å². The van der Waals surface area contributed by atoms with Crippen LogP contribution < -0.4 is 0 Å².